The highest BCUT2D eigenvalue weighted by molar-refractivity contribution is 9.11. The quantitative estimate of drug-likeness (QED) is 0.569. The predicted molar refractivity (Wildman–Crippen MR) is 92.7 cm³/mol. The van der Waals surface area contributed by atoms with Crippen LogP contribution in [0, 0.1) is 0 Å². The lowest BCUT2D eigenvalue weighted by atomic mass is 10.2. The van der Waals surface area contributed by atoms with Crippen LogP contribution in [0.2, 0.25) is 5.15 Å². The van der Waals surface area contributed by atoms with Crippen LogP contribution in [0.1, 0.15) is 5.56 Å². The van der Waals surface area contributed by atoms with Gasteiger partial charge in [0.1, 0.15) is 10.9 Å². The Morgan fingerprint density at radius 1 is 1.15 bits per heavy atom. The molecule has 106 valence electrons. The van der Waals surface area contributed by atoms with Gasteiger partial charge in [-0.2, -0.15) is 0 Å². The summed E-state index contributed by atoms with van der Waals surface area (Å²) in [6.07, 6.45) is 1.70. The summed E-state index contributed by atoms with van der Waals surface area (Å²) in [7, 11) is 1.64. The summed E-state index contributed by atoms with van der Waals surface area (Å²) >= 11 is 16.2. The van der Waals surface area contributed by atoms with Gasteiger partial charge in [0.2, 0.25) is 0 Å². The fourth-order valence-electron chi connectivity index (χ4n) is 1.63. The molecule has 0 bridgehead atoms. The topological polar surface area (TPSA) is 34.1 Å². The van der Waals surface area contributed by atoms with Crippen LogP contribution >= 0.6 is 59.4 Å². The van der Waals surface area contributed by atoms with E-state index in [9.17, 15) is 0 Å². The van der Waals surface area contributed by atoms with Crippen molar-refractivity contribution in [3.05, 3.63) is 48.5 Å². The average molecular weight is 485 g/mol. The Morgan fingerprint density at radius 2 is 1.80 bits per heavy atom. The molecule has 20 heavy (non-hydrogen) atoms. The van der Waals surface area contributed by atoms with E-state index in [4.69, 9.17) is 16.3 Å². The molecule has 0 unspecified atom stereocenters. The first-order chi connectivity index (χ1) is 9.51. The Hall–Kier alpha value is -0.300. The smallest absolute Gasteiger partial charge is 0.147 e. The number of nitrogens with zero attached hydrogens (tertiary/aromatic N) is 1. The number of anilines is 1. The van der Waals surface area contributed by atoms with Gasteiger partial charge < -0.3 is 10.1 Å². The summed E-state index contributed by atoms with van der Waals surface area (Å²) in [5, 5.41) is 3.74. The minimum Gasteiger partial charge on any atom is -0.494 e. The van der Waals surface area contributed by atoms with Crippen LogP contribution in [0.4, 0.5) is 5.69 Å². The van der Waals surface area contributed by atoms with Crippen molar-refractivity contribution in [3.8, 4) is 5.75 Å². The van der Waals surface area contributed by atoms with E-state index < -0.39 is 0 Å². The molecule has 0 radical (unpaired) electrons. The lowest BCUT2D eigenvalue weighted by molar-refractivity contribution is 0.409. The van der Waals surface area contributed by atoms with Crippen molar-refractivity contribution >= 4 is 65.1 Å². The maximum atomic E-state index is 5.86. The van der Waals surface area contributed by atoms with Crippen LogP contribution in [-0.4, -0.2) is 12.1 Å². The number of hydrogen-bond acceptors (Lipinski definition) is 3. The first-order valence-corrected chi connectivity index (χ1v) is 8.33. The molecule has 0 atom stereocenters. The standard InChI is InChI=1S/C13H10Br3ClN2O/c1-20-12-9(14)2-7(3-10(12)15)5-18-8-4-11(16)13(17)19-6-8/h2-4,6,18H,5H2,1H3. The van der Waals surface area contributed by atoms with Crippen LogP contribution in [-0.2, 0) is 6.54 Å². The molecule has 2 rings (SSSR count). The maximum Gasteiger partial charge on any atom is 0.147 e. The van der Waals surface area contributed by atoms with Gasteiger partial charge in [0.05, 0.1) is 32.4 Å². The second kappa shape index (κ2) is 7.11. The monoisotopic (exact) mass is 482 g/mol. The number of benzene rings is 1. The molecule has 7 heteroatoms. The van der Waals surface area contributed by atoms with Gasteiger partial charge in [-0.25, -0.2) is 4.98 Å². The molecule has 1 N–H and O–H groups in total. The van der Waals surface area contributed by atoms with E-state index in [2.05, 4.69) is 58.1 Å². The fourth-order valence-corrected chi connectivity index (χ4v) is 3.69. The molecule has 0 aliphatic heterocycles. The zero-order valence-electron chi connectivity index (χ0n) is 10.4. The molecule has 0 amide bonds. The number of aromatic nitrogens is 1. The summed E-state index contributed by atoms with van der Waals surface area (Å²) in [6, 6.07) is 5.91. The molecule has 0 aliphatic carbocycles. The van der Waals surface area contributed by atoms with Gasteiger partial charge in [0.15, 0.2) is 0 Å². The van der Waals surface area contributed by atoms with Crippen LogP contribution < -0.4 is 10.1 Å². The minimum atomic E-state index is 0.450. The zero-order chi connectivity index (χ0) is 14.7. The van der Waals surface area contributed by atoms with Crippen molar-refractivity contribution in [1.82, 2.24) is 4.98 Å². The van der Waals surface area contributed by atoms with Crippen LogP contribution in [0.25, 0.3) is 0 Å². The summed E-state index contributed by atoms with van der Waals surface area (Å²) in [5.74, 6) is 0.782. The highest BCUT2D eigenvalue weighted by Crippen LogP contribution is 2.34. The molecule has 2 aromatic rings. The van der Waals surface area contributed by atoms with E-state index in [0.717, 1.165) is 30.4 Å². The lowest BCUT2D eigenvalue weighted by Crippen LogP contribution is -2.01. The summed E-state index contributed by atoms with van der Waals surface area (Å²) in [6.45, 7) is 0.664. The second-order valence-electron chi connectivity index (χ2n) is 3.94. The van der Waals surface area contributed by atoms with E-state index in [1.807, 2.05) is 18.2 Å². The first-order valence-electron chi connectivity index (χ1n) is 5.58. The van der Waals surface area contributed by atoms with E-state index >= 15 is 0 Å². The van der Waals surface area contributed by atoms with Gasteiger partial charge in [0.25, 0.3) is 0 Å². The number of pyridine rings is 1. The molecule has 0 fully saturated rings. The van der Waals surface area contributed by atoms with E-state index in [-0.39, 0.29) is 0 Å². The van der Waals surface area contributed by atoms with Gasteiger partial charge in [-0.3, -0.25) is 0 Å². The van der Waals surface area contributed by atoms with Crippen LogP contribution in [0.3, 0.4) is 0 Å². The van der Waals surface area contributed by atoms with E-state index in [1.54, 1.807) is 13.3 Å². The maximum absolute atomic E-state index is 5.86. The molecule has 0 spiro atoms. The predicted octanol–water partition coefficient (Wildman–Crippen LogP) is 5.64. The van der Waals surface area contributed by atoms with Crippen molar-refractivity contribution in [2.24, 2.45) is 0 Å². The Labute approximate surface area is 147 Å². The van der Waals surface area contributed by atoms with Gasteiger partial charge in [-0.05, 0) is 71.6 Å². The SMILES string of the molecule is COc1c(Br)cc(CNc2cnc(Cl)c(Br)c2)cc1Br. The van der Waals surface area contributed by atoms with Crippen molar-refractivity contribution < 1.29 is 4.74 Å². The third-order valence-corrected chi connectivity index (χ3v) is 4.87. The van der Waals surface area contributed by atoms with Gasteiger partial charge in [0, 0.05) is 6.54 Å². The molecule has 1 aromatic heterocycles. The third-order valence-electron chi connectivity index (χ3n) is 2.56. The summed E-state index contributed by atoms with van der Waals surface area (Å²) in [5.41, 5.74) is 2.00. The van der Waals surface area contributed by atoms with Gasteiger partial charge in [-0.15, -0.1) is 0 Å². The number of hydrogen-bond donors (Lipinski definition) is 1. The van der Waals surface area contributed by atoms with E-state index in [1.165, 1.54) is 0 Å². The molecule has 1 aromatic carbocycles. The molecule has 1 heterocycles. The molecular weight excluding hydrogens is 475 g/mol. The van der Waals surface area contributed by atoms with E-state index in [0.29, 0.717) is 11.7 Å². The Balaban J connectivity index is 2.13. The van der Waals surface area contributed by atoms with Crippen molar-refractivity contribution in [1.29, 1.82) is 0 Å². The number of nitrogens with one attached hydrogen (secondary N) is 1. The largest absolute Gasteiger partial charge is 0.494 e. The third kappa shape index (κ3) is 3.87. The fraction of sp³-hybridized carbons (Fsp3) is 0.154. The van der Waals surface area contributed by atoms with Crippen molar-refractivity contribution in [2.75, 3.05) is 12.4 Å². The Morgan fingerprint density at radius 3 is 2.35 bits per heavy atom. The van der Waals surface area contributed by atoms with Crippen molar-refractivity contribution in [3.63, 3.8) is 0 Å². The molecule has 0 saturated carbocycles. The van der Waals surface area contributed by atoms with Gasteiger partial charge >= 0.3 is 0 Å². The lowest BCUT2D eigenvalue weighted by Gasteiger charge is -2.11. The second-order valence-corrected chi connectivity index (χ2v) is 6.86. The number of ether oxygens (including phenoxy) is 1. The molecule has 3 nitrogen and oxygen atoms in total. The summed E-state index contributed by atoms with van der Waals surface area (Å²) < 4.78 is 7.85. The van der Waals surface area contributed by atoms with Crippen LogP contribution in [0.5, 0.6) is 5.75 Å². The number of methoxy groups -OCH3 is 1. The van der Waals surface area contributed by atoms with Crippen molar-refractivity contribution in [2.45, 2.75) is 6.54 Å². The first kappa shape index (κ1) is 16.1. The van der Waals surface area contributed by atoms with Gasteiger partial charge in [-0.1, -0.05) is 11.6 Å². The number of rotatable bonds is 4. The molecule has 0 aliphatic rings. The minimum absolute atomic E-state index is 0.450. The number of halogens is 4. The zero-order valence-corrected chi connectivity index (χ0v) is 15.9. The summed E-state index contributed by atoms with van der Waals surface area (Å²) in [4.78, 5) is 4.07. The Kier molecular flexibility index (Phi) is 5.72. The highest BCUT2D eigenvalue weighted by atomic mass is 79.9. The Bertz CT molecular complexity index is 614. The van der Waals surface area contributed by atoms with Crippen LogP contribution in [0.15, 0.2) is 37.8 Å². The normalized spacial score (nSPS) is 10.4. The highest BCUT2D eigenvalue weighted by Gasteiger charge is 2.08. The molecule has 0 saturated heterocycles. The molecular formula is C13H10Br3ClN2O. The average Bonchev–Trinajstić information content (AvgIpc) is 2.40.